The van der Waals surface area contributed by atoms with Gasteiger partial charge in [0.25, 0.3) is 0 Å². The first kappa shape index (κ1) is 14.7. The van der Waals surface area contributed by atoms with Crippen LogP contribution in [0.25, 0.3) is 0 Å². The molecule has 0 aliphatic carbocycles. The van der Waals surface area contributed by atoms with Gasteiger partial charge in [-0.15, -0.1) is 0 Å². The number of amides is 1. The fraction of sp³-hybridized carbons (Fsp3) is 0.692. The van der Waals surface area contributed by atoms with Crippen molar-refractivity contribution in [1.29, 1.82) is 0 Å². The number of nitrogens with one attached hydrogen (secondary N) is 2. The molecule has 2 N–H and O–H groups in total. The number of hydrogen-bond donors (Lipinski definition) is 2. The van der Waals surface area contributed by atoms with E-state index in [0.29, 0.717) is 6.54 Å². The molecule has 0 saturated heterocycles. The molecule has 18 heavy (non-hydrogen) atoms. The van der Waals surface area contributed by atoms with Gasteiger partial charge in [0.05, 0.1) is 11.1 Å². The lowest BCUT2D eigenvalue weighted by molar-refractivity contribution is -0.128. The molecule has 0 radical (unpaired) electrons. The summed E-state index contributed by atoms with van der Waals surface area (Å²) in [4.78, 5) is 11.6. The van der Waals surface area contributed by atoms with Gasteiger partial charge in [0, 0.05) is 38.4 Å². The average molecular weight is 252 g/mol. The summed E-state index contributed by atoms with van der Waals surface area (Å²) < 4.78 is 1.89. The van der Waals surface area contributed by atoms with E-state index >= 15 is 0 Å². The second-order valence-corrected chi connectivity index (χ2v) is 5.34. The zero-order chi connectivity index (χ0) is 13.9. The Labute approximate surface area is 109 Å². The maximum atomic E-state index is 11.6. The minimum absolute atomic E-state index is 0.0506. The van der Waals surface area contributed by atoms with Crippen LogP contribution in [0.15, 0.2) is 0 Å². The molecule has 1 aromatic heterocycles. The molecule has 102 valence electrons. The topological polar surface area (TPSA) is 59.0 Å². The molecular formula is C13H24N4O. The fourth-order valence-corrected chi connectivity index (χ4v) is 1.99. The molecule has 1 rings (SSSR count). The van der Waals surface area contributed by atoms with Crippen LogP contribution in [0.1, 0.15) is 30.8 Å². The van der Waals surface area contributed by atoms with Crippen molar-refractivity contribution < 1.29 is 4.79 Å². The second-order valence-electron chi connectivity index (χ2n) is 5.34. The van der Waals surface area contributed by atoms with E-state index in [9.17, 15) is 4.79 Å². The molecule has 0 fully saturated rings. The van der Waals surface area contributed by atoms with E-state index in [4.69, 9.17) is 0 Å². The Bertz CT molecular complexity index is 434. The smallest absolute Gasteiger partial charge is 0.226 e. The first-order valence-electron chi connectivity index (χ1n) is 6.21. The predicted octanol–water partition coefficient (Wildman–Crippen LogP) is 0.899. The van der Waals surface area contributed by atoms with E-state index in [0.717, 1.165) is 17.9 Å². The number of nitrogens with zero attached hydrogens (tertiary/aromatic N) is 2. The fourth-order valence-electron chi connectivity index (χ4n) is 1.99. The first-order valence-corrected chi connectivity index (χ1v) is 6.21. The molecule has 0 aliphatic heterocycles. The molecule has 5 nitrogen and oxygen atoms in total. The van der Waals surface area contributed by atoms with Gasteiger partial charge in [-0.25, -0.2) is 0 Å². The molecule has 0 saturated carbocycles. The maximum Gasteiger partial charge on any atom is 0.226 e. The number of carbonyl (C=O) groups excluding carboxylic acids is 1. The van der Waals surface area contributed by atoms with Crippen molar-refractivity contribution in [2.45, 2.75) is 34.2 Å². The Kier molecular flexibility index (Phi) is 4.51. The highest BCUT2D eigenvalue weighted by atomic mass is 16.2. The molecule has 0 aliphatic rings. The van der Waals surface area contributed by atoms with Crippen molar-refractivity contribution in [3.63, 3.8) is 0 Å². The molecule has 0 spiro atoms. The van der Waals surface area contributed by atoms with Crippen molar-refractivity contribution in [2.75, 3.05) is 13.6 Å². The summed E-state index contributed by atoms with van der Waals surface area (Å²) in [6.07, 6.45) is 0. The van der Waals surface area contributed by atoms with Crippen molar-refractivity contribution >= 4 is 5.91 Å². The number of hydrogen-bond acceptors (Lipinski definition) is 3. The van der Waals surface area contributed by atoms with Gasteiger partial charge in [-0.1, -0.05) is 0 Å². The van der Waals surface area contributed by atoms with Crippen molar-refractivity contribution in [3.05, 3.63) is 17.0 Å². The SMILES string of the molecule is CNC(=O)C(C)(C)CNCc1c(C)nn(C)c1C. The molecule has 0 unspecified atom stereocenters. The molecule has 5 heteroatoms. The standard InChI is InChI=1S/C13H24N4O/c1-9-11(10(2)17(6)16-9)7-15-8-13(3,4)12(18)14-5/h15H,7-8H2,1-6H3,(H,14,18). The summed E-state index contributed by atoms with van der Waals surface area (Å²) in [7, 11) is 3.61. The number of aromatic nitrogens is 2. The van der Waals surface area contributed by atoms with Crippen LogP contribution in [0.4, 0.5) is 0 Å². The maximum absolute atomic E-state index is 11.6. The molecular weight excluding hydrogens is 228 g/mol. The van der Waals surface area contributed by atoms with Crippen LogP contribution in [0.5, 0.6) is 0 Å². The van der Waals surface area contributed by atoms with Crippen LogP contribution in [0.2, 0.25) is 0 Å². The van der Waals surface area contributed by atoms with Crippen LogP contribution in [0, 0.1) is 19.3 Å². The van der Waals surface area contributed by atoms with Crippen LogP contribution in [0.3, 0.4) is 0 Å². The quantitative estimate of drug-likeness (QED) is 0.818. The third-order valence-electron chi connectivity index (χ3n) is 3.37. The van der Waals surface area contributed by atoms with Gasteiger partial charge in [0.2, 0.25) is 5.91 Å². The lowest BCUT2D eigenvalue weighted by Crippen LogP contribution is -2.41. The Balaban J connectivity index is 2.59. The average Bonchev–Trinajstić information content (AvgIpc) is 2.54. The zero-order valence-electron chi connectivity index (χ0n) is 12.2. The third-order valence-corrected chi connectivity index (χ3v) is 3.37. The van der Waals surface area contributed by atoms with E-state index in [2.05, 4.69) is 22.7 Å². The highest BCUT2D eigenvalue weighted by Crippen LogP contribution is 2.15. The van der Waals surface area contributed by atoms with Crippen molar-refractivity contribution in [2.24, 2.45) is 12.5 Å². The Morgan fingerprint density at radius 1 is 1.39 bits per heavy atom. The Morgan fingerprint density at radius 2 is 2.00 bits per heavy atom. The summed E-state index contributed by atoms with van der Waals surface area (Å²) >= 11 is 0. The molecule has 1 heterocycles. The van der Waals surface area contributed by atoms with Gasteiger partial charge < -0.3 is 10.6 Å². The molecule has 1 aromatic rings. The minimum atomic E-state index is -0.404. The van der Waals surface area contributed by atoms with Crippen LogP contribution in [-0.4, -0.2) is 29.3 Å². The molecule has 1 amide bonds. The van der Waals surface area contributed by atoms with Crippen molar-refractivity contribution in [3.8, 4) is 0 Å². The lowest BCUT2D eigenvalue weighted by atomic mass is 9.92. The first-order chi connectivity index (χ1) is 8.29. The Hall–Kier alpha value is -1.36. The highest BCUT2D eigenvalue weighted by Gasteiger charge is 2.26. The zero-order valence-corrected chi connectivity index (χ0v) is 12.2. The van der Waals surface area contributed by atoms with Gasteiger partial charge in [0.1, 0.15) is 0 Å². The van der Waals surface area contributed by atoms with Gasteiger partial charge in [-0.2, -0.15) is 5.10 Å². The van der Waals surface area contributed by atoms with E-state index in [-0.39, 0.29) is 5.91 Å². The summed E-state index contributed by atoms with van der Waals surface area (Å²) in [5.74, 6) is 0.0506. The summed E-state index contributed by atoms with van der Waals surface area (Å²) in [5, 5.41) is 10.4. The normalized spacial score (nSPS) is 11.7. The van der Waals surface area contributed by atoms with E-state index in [1.165, 1.54) is 5.56 Å². The van der Waals surface area contributed by atoms with E-state index in [1.807, 2.05) is 32.5 Å². The van der Waals surface area contributed by atoms with Gasteiger partial charge in [-0.05, 0) is 27.7 Å². The van der Waals surface area contributed by atoms with Crippen LogP contribution >= 0.6 is 0 Å². The number of carbonyl (C=O) groups is 1. The van der Waals surface area contributed by atoms with Crippen LogP contribution < -0.4 is 10.6 Å². The molecule has 0 bridgehead atoms. The predicted molar refractivity (Wildman–Crippen MR) is 72.2 cm³/mol. The summed E-state index contributed by atoms with van der Waals surface area (Å²) in [6.45, 7) is 9.31. The number of aryl methyl sites for hydroxylation is 2. The molecule has 0 atom stereocenters. The highest BCUT2D eigenvalue weighted by molar-refractivity contribution is 5.81. The second kappa shape index (κ2) is 5.52. The summed E-state index contributed by atoms with van der Waals surface area (Å²) in [5.41, 5.74) is 3.02. The van der Waals surface area contributed by atoms with E-state index in [1.54, 1.807) is 7.05 Å². The Morgan fingerprint density at radius 3 is 2.44 bits per heavy atom. The van der Waals surface area contributed by atoms with Crippen molar-refractivity contribution in [1.82, 2.24) is 20.4 Å². The number of rotatable bonds is 5. The van der Waals surface area contributed by atoms with Gasteiger partial charge in [-0.3, -0.25) is 9.48 Å². The monoisotopic (exact) mass is 252 g/mol. The van der Waals surface area contributed by atoms with E-state index < -0.39 is 5.41 Å². The van der Waals surface area contributed by atoms with Crippen LogP contribution in [-0.2, 0) is 18.4 Å². The minimum Gasteiger partial charge on any atom is -0.359 e. The largest absolute Gasteiger partial charge is 0.359 e. The summed E-state index contributed by atoms with van der Waals surface area (Å²) in [6, 6.07) is 0. The lowest BCUT2D eigenvalue weighted by Gasteiger charge is -2.23. The van der Waals surface area contributed by atoms with Gasteiger partial charge >= 0.3 is 0 Å². The molecule has 0 aromatic carbocycles. The van der Waals surface area contributed by atoms with Gasteiger partial charge in [0.15, 0.2) is 0 Å². The third kappa shape index (κ3) is 3.10.